The van der Waals surface area contributed by atoms with Crippen molar-refractivity contribution in [3.05, 3.63) is 47.5 Å². The summed E-state index contributed by atoms with van der Waals surface area (Å²) in [5, 5.41) is 3.03. The molecule has 0 radical (unpaired) electrons. The summed E-state index contributed by atoms with van der Waals surface area (Å²) in [5.41, 5.74) is 1.44. The molecule has 0 amide bonds. The number of hydrogen-bond acceptors (Lipinski definition) is 4. The zero-order valence-electron chi connectivity index (χ0n) is 11.7. The predicted molar refractivity (Wildman–Crippen MR) is 76.3 cm³/mol. The Kier molecular flexibility index (Phi) is 4.87. The van der Waals surface area contributed by atoms with Crippen LogP contribution in [-0.4, -0.2) is 17.0 Å². The maximum absolute atomic E-state index is 13.6. The molecular formula is C15H18FN3O. The standard InChI is InChI=1S/C15H18FN3O/c1-3-6-12-14(17-2)18-10-19-15(12)20-9-11-7-4-5-8-13(11)16/h4-5,7-8,10H,3,6,9H2,1-2H3,(H,17,18,19). The highest BCUT2D eigenvalue weighted by Gasteiger charge is 2.12. The number of rotatable bonds is 6. The molecule has 1 aromatic carbocycles. The molecule has 20 heavy (non-hydrogen) atoms. The molecule has 0 bridgehead atoms. The Morgan fingerprint density at radius 2 is 2.05 bits per heavy atom. The van der Waals surface area contributed by atoms with Gasteiger partial charge in [-0.3, -0.25) is 0 Å². The largest absolute Gasteiger partial charge is 0.472 e. The minimum atomic E-state index is -0.271. The molecular weight excluding hydrogens is 257 g/mol. The van der Waals surface area contributed by atoms with Crippen molar-refractivity contribution < 1.29 is 9.13 Å². The lowest BCUT2D eigenvalue weighted by Gasteiger charge is -2.13. The fourth-order valence-corrected chi connectivity index (χ4v) is 1.97. The van der Waals surface area contributed by atoms with Gasteiger partial charge in [0.25, 0.3) is 0 Å². The molecule has 0 fully saturated rings. The third-order valence-corrected chi connectivity index (χ3v) is 2.96. The topological polar surface area (TPSA) is 47.0 Å². The van der Waals surface area contributed by atoms with Gasteiger partial charge in [-0.1, -0.05) is 31.5 Å². The Bertz CT molecular complexity index is 575. The number of nitrogens with zero attached hydrogens (tertiary/aromatic N) is 2. The van der Waals surface area contributed by atoms with E-state index in [1.165, 1.54) is 12.4 Å². The molecule has 2 aromatic rings. The van der Waals surface area contributed by atoms with Crippen LogP contribution in [0.5, 0.6) is 5.88 Å². The van der Waals surface area contributed by atoms with Crippen molar-refractivity contribution in [1.29, 1.82) is 0 Å². The molecule has 0 unspecified atom stereocenters. The average molecular weight is 275 g/mol. The van der Waals surface area contributed by atoms with Gasteiger partial charge in [-0.15, -0.1) is 0 Å². The molecule has 0 atom stereocenters. The monoisotopic (exact) mass is 275 g/mol. The minimum absolute atomic E-state index is 0.156. The number of halogens is 1. The van der Waals surface area contributed by atoms with Crippen LogP contribution in [0.3, 0.4) is 0 Å². The minimum Gasteiger partial charge on any atom is -0.472 e. The molecule has 1 aromatic heterocycles. The number of aromatic nitrogens is 2. The van der Waals surface area contributed by atoms with Crippen LogP contribution >= 0.6 is 0 Å². The van der Waals surface area contributed by atoms with Gasteiger partial charge in [0.2, 0.25) is 5.88 Å². The number of nitrogens with one attached hydrogen (secondary N) is 1. The number of ether oxygens (including phenoxy) is 1. The number of hydrogen-bond donors (Lipinski definition) is 1. The van der Waals surface area contributed by atoms with Crippen LogP contribution in [0, 0.1) is 5.82 Å². The van der Waals surface area contributed by atoms with E-state index in [1.807, 2.05) is 7.05 Å². The van der Waals surface area contributed by atoms with Gasteiger partial charge in [0, 0.05) is 12.6 Å². The van der Waals surface area contributed by atoms with Gasteiger partial charge in [-0.25, -0.2) is 14.4 Å². The van der Waals surface area contributed by atoms with Gasteiger partial charge >= 0.3 is 0 Å². The van der Waals surface area contributed by atoms with Crippen LogP contribution in [0.2, 0.25) is 0 Å². The Labute approximate surface area is 118 Å². The van der Waals surface area contributed by atoms with E-state index < -0.39 is 0 Å². The molecule has 0 aliphatic rings. The van der Waals surface area contributed by atoms with Gasteiger partial charge in [-0.05, 0) is 12.5 Å². The van der Waals surface area contributed by atoms with Gasteiger partial charge in [0.1, 0.15) is 24.6 Å². The molecule has 106 valence electrons. The maximum Gasteiger partial charge on any atom is 0.222 e. The quantitative estimate of drug-likeness (QED) is 0.879. The van der Waals surface area contributed by atoms with Gasteiger partial charge in [-0.2, -0.15) is 0 Å². The van der Waals surface area contributed by atoms with Crippen molar-refractivity contribution in [2.24, 2.45) is 0 Å². The van der Waals surface area contributed by atoms with E-state index in [0.29, 0.717) is 11.4 Å². The molecule has 2 rings (SSSR count). The summed E-state index contributed by atoms with van der Waals surface area (Å²) in [6, 6.07) is 6.57. The van der Waals surface area contributed by atoms with E-state index in [0.717, 1.165) is 24.2 Å². The zero-order valence-corrected chi connectivity index (χ0v) is 11.7. The summed E-state index contributed by atoms with van der Waals surface area (Å²) < 4.78 is 19.2. The molecule has 4 nitrogen and oxygen atoms in total. The molecule has 1 heterocycles. The Hall–Kier alpha value is -2.17. The first-order chi connectivity index (χ1) is 9.76. The molecule has 1 N–H and O–H groups in total. The normalized spacial score (nSPS) is 10.3. The first-order valence-electron chi connectivity index (χ1n) is 6.64. The van der Waals surface area contributed by atoms with Crippen molar-refractivity contribution in [1.82, 2.24) is 9.97 Å². The van der Waals surface area contributed by atoms with E-state index in [2.05, 4.69) is 22.2 Å². The Balaban J connectivity index is 2.19. The molecule has 0 spiro atoms. The van der Waals surface area contributed by atoms with Crippen molar-refractivity contribution >= 4 is 5.82 Å². The summed E-state index contributed by atoms with van der Waals surface area (Å²) >= 11 is 0. The fourth-order valence-electron chi connectivity index (χ4n) is 1.97. The van der Waals surface area contributed by atoms with Crippen LogP contribution in [-0.2, 0) is 13.0 Å². The van der Waals surface area contributed by atoms with Crippen LogP contribution in [0.15, 0.2) is 30.6 Å². The molecule has 0 saturated carbocycles. The Morgan fingerprint density at radius 1 is 1.25 bits per heavy atom. The summed E-state index contributed by atoms with van der Waals surface area (Å²) in [6.07, 6.45) is 3.21. The molecule has 0 saturated heterocycles. The molecule has 5 heteroatoms. The van der Waals surface area contributed by atoms with E-state index in [4.69, 9.17) is 4.74 Å². The van der Waals surface area contributed by atoms with Gasteiger partial charge < -0.3 is 10.1 Å². The van der Waals surface area contributed by atoms with Gasteiger partial charge in [0.15, 0.2) is 0 Å². The number of benzene rings is 1. The average Bonchev–Trinajstić information content (AvgIpc) is 2.47. The van der Waals surface area contributed by atoms with Gasteiger partial charge in [0.05, 0.1) is 5.56 Å². The first-order valence-corrected chi connectivity index (χ1v) is 6.64. The second-order valence-electron chi connectivity index (χ2n) is 4.39. The number of anilines is 1. The van der Waals surface area contributed by atoms with E-state index in [1.54, 1.807) is 18.2 Å². The lowest BCUT2D eigenvalue weighted by Crippen LogP contribution is -2.06. The van der Waals surface area contributed by atoms with Crippen molar-refractivity contribution in [3.8, 4) is 5.88 Å². The smallest absolute Gasteiger partial charge is 0.222 e. The van der Waals surface area contributed by atoms with Crippen LogP contribution in [0.4, 0.5) is 10.2 Å². The van der Waals surface area contributed by atoms with Crippen LogP contribution < -0.4 is 10.1 Å². The lowest BCUT2D eigenvalue weighted by molar-refractivity contribution is 0.284. The zero-order chi connectivity index (χ0) is 14.4. The SMILES string of the molecule is CCCc1c(NC)ncnc1OCc1ccccc1F. The van der Waals surface area contributed by atoms with E-state index in [-0.39, 0.29) is 12.4 Å². The van der Waals surface area contributed by atoms with Crippen molar-refractivity contribution in [3.63, 3.8) is 0 Å². The molecule has 0 aliphatic heterocycles. The van der Waals surface area contributed by atoms with Crippen molar-refractivity contribution in [2.75, 3.05) is 12.4 Å². The van der Waals surface area contributed by atoms with Crippen LogP contribution in [0.25, 0.3) is 0 Å². The highest BCUT2D eigenvalue weighted by Crippen LogP contribution is 2.24. The summed E-state index contributed by atoms with van der Waals surface area (Å²) in [7, 11) is 1.81. The Morgan fingerprint density at radius 3 is 2.75 bits per heavy atom. The lowest BCUT2D eigenvalue weighted by atomic mass is 10.1. The summed E-state index contributed by atoms with van der Waals surface area (Å²) in [6.45, 7) is 2.23. The second-order valence-corrected chi connectivity index (χ2v) is 4.39. The summed E-state index contributed by atoms with van der Waals surface area (Å²) in [5.74, 6) is 0.993. The highest BCUT2D eigenvalue weighted by atomic mass is 19.1. The van der Waals surface area contributed by atoms with Crippen LogP contribution in [0.1, 0.15) is 24.5 Å². The summed E-state index contributed by atoms with van der Waals surface area (Å²) in [4.78, 5) is 8.33. The fraction of sp³-hybridized carbons (Fsp3) is 0.333. The third kappa shape index (κ3) is 3.23. The third-order valence-electron chi connectivity index (χ3n) is 2.96. The maximum atomic E-state index is 13.6. The first kappa shape index (κ1) is 14.2. The van der Waals surface area contributed by atoms with E-state index in [9.17, 15) is 4.39 Å². The predicted octanol–water partition coefficient (Wildman–Crippen LogP) is 3.19. The van der Waals surface area contributed by atoms with E-state index >= 15 is 0 Å². The highest BCUT2D eigenvalue weighted by molar-refractivity contribution is 5.48. The van der Waals surface area contributed by atoms with Crippen molar-refractivity contribution in [2.45, 2.75) is 26.4 Å². The molecule has 0 aliphatic carbocycles. The second kappa shape index (κ2) is 6.84.